The third-order valence-electron chi connectivity index (χ3n) is 6.19. The summed E-state index contributed by atoms with van der Waals surface area (Å²) < 4.78 is 18.8. The van der Waals surface area contributed by atoms with E-state index in [1.165, 1.54) is 31.0 Å². The van der Waals surface area contributed by atoms with Gasteiger partial charge in [-0.15, -0.1) is 10.2 Å². The zero-order chi connectivity index (χ0) is 24.6. The van der Waals surface area contributed by atoms with Gasteiger partial charge in [-0.2, -0.15) is 0 Å². The smallest absolute Gasteiger partial charge is 0.230 e. The molecule has 1 N–H and O–H groups in total. The first-order valence-corrected chi connectivity index (χ1v) is 12.8. The van der Waals surface area contributed by atoms with E-state index in [0.717, 1.165) is 34.9 Å². The lowest BCUT2D eigenvalue weighted by atomic mass is 9.95. The molecule has 4 rings (SSSR count). The Bertz CT molecular complexity index is 1100. The van der Waals surface area contributed by atoms with Gasteiger partial charge in [-0.3, -0.25) is 9.36 Å². The van der Waals surface area contributed by atoms with Gasteiger partial charge in [0.25, 0.3) is 0 Å². The van der Waals surface area contributed by atoms with Gasteiger partial charge in [0.15, 0.2) is 22.5 Å². The van der Waals surface area contributed by atoms with Crippen molar-refractivity contribution >= 4 is 17.7 Å². The SMILES string of the molecule is COc1cc(-c2nnc(SCC(=O)NCc3ccccc3)n2C2CCCCC2)cc(OC)c1OC. The number of hydrogen-bond acceptors (Lipinski definition) is 7. The van der Waals surface area contributed by atoms with Crippen LogP contribution < -0.4 is 19.5 Å². The van der Waals surface area contributed by atoms with E-state index < -0.39 is 0 Å². The second kappa shape index (κ2) is 12.0. The minimum atomic E-state index is -0.0358. The van der Waals surface area contributed by atoms with Crippen molar-refractivity contribution < 1.29 is 19.0 Å². The second-order valence-corrected chi connectivity index (χ2v) is 9.38. The van der Waals surface area contributed by atoms with Crippen molar-refractivity contribution in [3.05, 3.63) is 48.0 Å². The van der Waals surface area contributed by atoms with Crippen LogP contribution in [0.4, 0.5) is 0 Å². The summed E-state index contributed by atoms with van der Waals surface area (Å²) in [6, 6.07) is 14.0. The van der Waals surface area contributed by atoms with Gasteiger partial charge in [0.2, 0.25) is 11.7 Å². The van der Waals surface area contributed by atoms with E-state index >= 15 is 0 Å². The standard InChI is InChI=1S/C26H32N4O4S/c1-32-21-14-19(15-22(33-2)24(21)34-3)25-28-29-26(30(25)20-12-8-5-9-13-20)35-17-23(31)27-16-18-10-6-4-7-11-18/h4,6-7,10-11,14-15,20H,5,8-9,12-13,16-17H2,1-3H3,(H,27,31). The number of hydrogen-bond donors (Lipinski definition) is 1. The Hall–Kier alpha value is -3.20. The van der Waals surface area contributed by atoms with Crippen molar-refractivity contribution in [1.29, 1.82) is 0 Å². The Morgan fingerprint density at radius 3 is 2.31 bits per heavy atom. The Labute approximate surface area is 210 Å². The summed E-state index contributed by atoms with van der Waals surface area (Å²) in [6.07, 6.45) is 5.69. The van der Waals surface area contributed by atoms with Gasteiger partial charge in [-0.1, -0.05) is 61.4 Å². The average Bonchev–Trinajstić information content (AvgIpc) is 3.34. The Kier molecular flexibility index (Phi) is 8.52. The fourth-order valence-corrected chi connectivity index (χ4v) is 5.26. The highest BCUT2D eigenvalue weighted by Crippen LogP contribution is 2.42. The van der Waals surface area contributed by atoms with Crippen molar-refractivity contribution in [1.82, 2.24) is 20.1 Å². The van der Waals surface area contributed by atoms with Crippen LogP contribution in [0.15, 0.2) is 47.6 Å². The summed E-state index contributed by atoms with van der Waals surface area (Å²) in [4.78, 5) is 12.6. The van der Waals surface area contributed by atoms with E-state index in [-0.39, 0.29) is 17.7 Å². The summed E-state index contributed by atoms with van der Waals surface area (Å²) in [5.41, 5.74) is 1.90. The number of methoxy groups -OCH3 is 3. The lowest BCUT2D eigenvalue weighted by Crippen LogP contribution is -2.25. The summed E-state index contributed by atoms with van der Waals surface area (Å²) in [6.45, 7) is 0.506. The fraction of sp³-hybridized carbons (Fsp3) is 0.423. The highest BCUT2D eigenvalue weighted by Gasteiger charge is 2.26. The fourth-order valence-electron chi connectivity index (χ4n) is 4.43. The number of nitrogens with one attached hydrogen (secondary N) is 1. The number of carbonyl (C=O) groups excluding carboxylic acids is 1. The topological polar surface area (TPSA) is 87.5 Å². The van der Waals surface area contributed by atoms with E-state index in [1.54, 1.807) is 21.3 Å². The maximum atomic E-state index is 12.6. The summed E-state index contributed by atoms with van der Waals surface area (Å²) in [5.74, 6) is 2.64. The maximum Gasteiger partial charge on any atom is 0.230 e. The summed E-state index contributed by atoms with van der Waals surface area (Å²) in [7, 11) is 4.78. The molecule has 1 fully saturated rings. The molecule has 1 heterocycles. The lowest BCUT2D eigenvalue weighted by molar-refractivity contribution is -0.118. The Morgan fingerprint density at radius 2 is 1.69 bits per heavy atom. The summed E-state index contributed by atoms with van der Waals surface area (Å²) in [5, 5.41) is 12.8. The van der Waals surface area contributed by atoms with Crippen molar-refractivity contribution in [3.8, 4) is 28.6 Å². The molecule has 8 nitrogen and oxygen atoms in total. The third-order valence-corrected chi connectivity index (χ3v) is 7.14. The van der Waals surface area contributed by atoms with Crippen LogP contribution in [0.1, 0.15) is 43.7 Å². The van der Waals surface area contributed by atoms with Crippen LogP contribution >= 0.6 is 11.8 Å². The van der Waals surface area contributed by atoms with Crippen molar-refractivity contribution in [2.75, 3.05) is 27.1 Å². The molecule has 0 saturated heterocycles. The van der Waals surface area contributed by atoms with E-state index in [1.807, 2.05) is 42.5 Å². The molecule has 35 heavy (non-hydrogen) atoms. The largest absolute Gasteiger partial charge is 0.493 e. The first-order valence-electron chi connectivity index (χ1n) is 11.8. The molecular formula is C26H32N4O4S. The van der Waals surface area contributed by atoms with E-state index in [9.17, 15) is 4.79 Å². The number of benzene rings is 2. The van der Waals surface area contributed by atoms with Crippen molar-refractivity contribution in [3.63, 3.8) is 0 Å². The van der Waals surface area contributed by atoms with E-state index in [2.05, 4.69) is 20.1 Å². The van der Waals surface area contributed by atoms with Crippen LogP contribution in [-0.2, 0) is 11.3 Å². The maximum absolute atomic E-state index is 12.6. The number of rotatable bonds is 10. The third kappa shape index (κ3) is 5.90. The van der Waals surface area contributed by atoms with Crippen LogP contribution in [0.5, 0.6) is 17.2 Å². The van der Waals surface area contributed by atoms with Crippen LogP contribution in [0.2, 0.25) is 0 Å². The van der Waals surface area contributed by atoms with Crippen LogP contribution in [0, 0.1) is 0 Å². The average molecular weight is 497 g/mol. The normalized spacial score (nSPS) is 13.9. The van der Waals surface area contributed by atoms with E-state index in [0.29, 0.717) is 23.8 Å². The number of carbonyl (C=O) groups is 1. The minimum Gasteiger partial charge on any atom is -0.493 e. The summed E-state index contributed by atoms with van der Waals surface area (Å²) >= 11 is 1.42. The van der Waals surface area contributed by atoms with Crippen molar-refractivity contribution in [2.45, 2.75) is 49.8 Å². The zero-order valence-corrected chi connectivity index (χ0v) is 21.3. The Balaban J connectivity index is 1.58. The number of thioether (sulfide) groups is 1. The van der Waals surface area contributed by atoms with Crippen LogP contribution in [0.25, 0.3) is 11.4 Å². The predicted octanol–water partition coefficient (Wildman–Crippen LogP) is 4.88. The van der Waals surface area contributed by atoms with Gasteiger partial charge in [0.1, 0.15) is 0 Å². The van der Waals surface area contributed by atoms with Gasteiger partial charge in [0, 0.05) is 18.2 Å². The molecule has 0 unspecified atom stereocenters. The number of aromatic nitrogens is 3. The predicted molar refractivity (Wildman–Crippen MR) is 136 cm³/mol. The van der Waals surface area contributed by atoms with Crippen LogP contribution in [0.3, 0.4) is 0 Å². The first-order chi connectivity index (χ1) is 17.1. The molecule has 0 atom stereocenters. The van der Waals surface area contributed by atoms with Gasteiger partial charge in [0.05, 0.1) is 27.1 Å². The molecule has 1 aromatic heterocycles. The molecule has 9 heteroatoms. The molecule has 1 aliphatic carbocycles. The minimum absolute atomic E-state index is 0.0358. The Morgan fingerprint density at radius 1 is 1.00 bits per heavy atom. The van der Waals surface area contributed by atoms with Crippen LogP contribution in [-0.4, -0.2) is 47.8 Å². The molecule has 1 amide bonds. The highest BCUT2D eigenvalue weighted by atomic mass is 32.2. The van der Waals surface area contributed by atoms with E-state index in [4.69, 9.17) is 14.2 Å². The molecule has 0 spiro atoms. The monoisotopic (exact) mass is 496 g/mol. The second-order valence-electron chi connectivity index (χ2n) is 8.43. The van der Waals surface area contributed by atoms with Gasteiger partial charge < -0.3 is 19.5 Å². The zero-order valence-electron chi connectivity index (χ0n) is 20.5. The van der Waals surface area contributed by atoms with Gasteiger partial charge in [-0.05, 0) is 30.5 Å². The molecule has 0 radical (unpaired) electrons. The molecule has 2 aromatic carbocycles. The molecule has 186 valence electrons. The van der Waals surface area contributed by atoms with Gasteiger partial charge in [-0.25, -0.2) is 0 Å². The molecule has 3 aromatic rings. The molecule has 1 saturated carbocycles. The molecule has 0 bridgehead atoms. The number of amides is 1. The molecule has 1 aliphatic rings. The lowest BCUT2D eigenvalue weighted by Gasteiger charge is -2.26. The quantitative estimate of drug-likeness (QED) is 0.400. The number of ether oxygens (including phenoxy) is 3. The molecular weight excluding hydrogens is 464 g/mol. The highest BCUT2D eigenvalue weighted by molar-refractivity contribution is 7.99. The first kappa shape index (κ1) is 24.9. The number of nitrogens with zero attached hydrogens (tertiary/aromatic N) is 3. The van der Waals surface area contributed by atoms with Gasteiger partial charge >= 0.3 is 0 Å². The molecule has 0 aliphatic heterocycles. The van der Waals surface area contributed by atoms with Crippen molar-refractivity contribution in [2.24, 2.45) is 0 Å².